The van der Waals surface area contributed by atoms with Gasteiger partial charge in [0.2, 0.25) is 0 Å². The van der Waals surface area contributed by atoms with Crippen LogP contribution in [-0.2, 0) is 6.54 Å². The fourth-order valence-corrected chi connectivity index (χ4v) is 1.98. The van der Waals surface area contributed by atoms with Crippen molar-refractivity contribution in [3.63, 3.8) is 0 Å². The van der Waals surface area contributed by atoms with E-state index in [0.29, 0.717) is 0 Å². The molecule has 1 aromatic rings. The lowest BCUT2D eigenvalue weighted by Gasteiger charge is -2.15. The van der Waals surface area contributed by atoms with E-state index in [1.54, 1.807) is 0 Å². The summed E-state index contributed by atoms with van der Waals surface area (Å²) in [5.41, 5.74) is 1.08. The summed E-state index contributed by atoms with van der Waals surface area (Å²) < 4.78 is 0. The van der Waals surface area contributed by atoms with E-state index < -0.39 is 0 Å². The van der Waals surface area contributed by atoms with Gasteiger partial charge >= 0.3 is 0 Å². The molecule has 1 aromatic heterocycles. The molecule has 2 rings (SSSR count). The Labute approximate surface area is 83.8 Å². The highest BCUT2D eigenvalue weighted by molar-refractivity contribution is 5.00. The van der Waals surface area contributed by atoms with Crippen molar-refractivity contribution >= 4 is 0 Å². The number of aliphatic hydroxyl groups is 1. The van der Waals surface area contributed by atoms with Gasteiger partial charge in [0.15, 0.2) is 0 Å². The van der Waals surface area contributed by atoms with Crippen LogP contribution >= 0.6 is 0 Å². The van der Waals surface area contributed by atoms with Gasteiger partial charge in [-0.15, -0.1) is 0 Å². The average molecular weight is 195 g/mol. The van der Waals surface area contributed by atoms with E-state index >= 15 is 0 Å². The molecule has 1 heterocycles. The fourth-order valence-electron chi connectivity index (χ4n) is 1.98. The average Bonchev–Trinajstić information content (AvgIpc) is 2.72. The molecule has 4 nitrogen and oxygen atoms in total. The van der Waals surface area contributed by atoms with Crippen LogP contribution in [0.25, 0.3) is 0 Å². The summed E-state index contributed by atoms with van der Waals surface area (Å²) in [6, 6.07) is 0.263. The third-order valence-electron chi connectivity index (χ3n) is 2.79. The molecule has 14 heavy (non-hydrogen) atoms. The summed E-state index contributed by atoms with van der Waals surface area (Å²) in [6.45, 7) is 2.70. The van der Waals surface area contributed by atoms with Crippen molar-refractivity contribution in [2.45, 2.75) is 44.9 Å². The number of imidazole rings is 1. The van der Waals surface area contributed by atoms with Gasteiger partial charge < -0.3 is 15.4 Å². The number of H-pyrrole nitrogens is 1. The van der Waals surface area contributed by atoms with E-state index in [-0.39, 0.29) is 12.1 Å². The van der Waals surface area contributed by atoms with Crippen molar-refractivity contribution in [1.82, 2.24) is 15.3 Å². The molecule has 2 unspecified atom stereocenters. The van der Waals surface area contributed by atoms with Crippen LogP contribution in [0.5, 0.6) is 0 Å². The van der Waals surface area contributed by atoms with Crippen LogP contribution in [0.15, 0.2) is 6.20 Å². The molecular weight excluding hydrogens is 178 g/mol. The topological polar surface area (TPSA) is 60.9 Å². The molecule has 0 radical (unpaired) electrons. The zero-order chi connectivity index (χ0) is 9.97. The van der Waals surface area contributed by atoms with Gasteiger partial charge in [-0.2, -0.15) is 0 Å². The maximum atomic E-state index is 9.58. The minimum Gasteiger partial charge on any atom is -0.392 e. The van der Waals surface area contributed by atoms with Gasteiger partial charge in [0.1, 0.15) is 5.82 Å². The summed E-state index contributed by atoms with van der Waals surface area (Å²) in [4.78, 5) is 7.28. The first-order valence-corrected chi connectivity index (χ1v) is 5.17. The quantitative estimate of drug-likeness (QED) is 0.666. The van der Waals surface area contributed by atoms with Crippen molar-refractivity contribution in [2.75, 3.05) is 0 Å². The Morgan fingerprint density at radius 2 is 2.50 bits per heavy atom. The molecule has 1 fully saturated rings. The largest absolute Gasteiger partial charge is 0.392 e. The molecule has 0 aliphatic heterocycles. The molecule has 0 amide bonds. The maximum Gasteiger partial charge on any atom is 0.103 e. The minimum absolute atomic E-state index is 0.168. The molecule has 3 N–H and O–H groups in total. The van der Waals surface area contributed by atoms with Crippen LogP contribution in [-0.4, -0.2) is 27.2 Å². The van der Waals surface area contributed by atoms with E-state index in [1.807, 2.05) is 13.1 Å². The van der Waals surface area contributed by atoms with Gasteiger partial charge in [-0.25, -0.2) is 4.98 Å². The fraction of sp³-hybridized carbons (Fsp3) is 0.700. The van der Waals surface area contributed by atoms with E-state index in [0.717, 1.165) is 37.3 Å². The first-order chi connectivity index (χ1) is 6.75. The van der Waals surface area contributed by atoms with Gasteiger partial charge in [0, 0.05) is 24.5 Å². The first kappa shape index (κ1) is 9.68. The molecule has 0 spiro atoms. The second kappa shape index (κ2) is 4.11. The molecule has 1 aliphatic rings. The lowest BCUT2D eigenvalue weighted by molar-refractivity contribution is 0.148. The van der Waals surface area contributed by atoms with Crippen molar-refractivity contribution < 1.29 is 5.11 Å². The summed E-state index contributed by atoms with van der Waals surface area (Å²) >= 11 is 0. The molecular formula is C10H17N3O. The molecule has 4 heteroatoms. The number of aromatic amines is 1. The molecule has 1 saturated carbocycles. The van der Waals surface area contributed by atoms with E-state index in [1.165, 1.54) is 0 Å². The second-order valence-electron chi connectivity index (χ2n) is 3.98. The van der Waals surface area contributed by atoms with E-state index in [4.69, 9.17) is 0 Å². The first-order valence-electron chi connectivity index (χ1n) is 5.17. The Morgan fingerprint density at radius 1 is 1.64 bits per heavy atom. The van der Waals surface area contributed by atoms with E-state index in [2.05, 4.69) is 15.3 Å². The molecule has 78 valence electrons. The van der Waals surface area contributed by atoms with Crippen molar-refractivity contribution in [3.8, 4) is 0 Å². The number of nitrogens with zero attached hydrogens (tertiary/aromatic N) is 1. The molecule has 0 saturated heterocycles. The van der Waals surface area contributed by atoms with Gasteiger partial charge in [0.05, 0.1) is 6.10 Å². The number of aromatic nitrogens is 2. The Balaban J connectivity index is 1.82. The summed E-state index contributed by atoms with van der Waals surface area (Å²) in [5, 5.41) is 12.9. The molecule has 0 bridgehead atoms. The predicted octanol–water partition coefficient (Wildman–Crippen LogP) is 0.721. The highest BCUT2D eigenvalue weighted by Gasteiger charge is 2.24. The van der Waals surface area contributed by atoms with Crippen molar-refractivity contribution in [3.05, 3.63) is 17.7 Å². The van der Waals surface area contributed by atoms with Crippen LogP contribution in [0.1, 0.15) is 30.8 Å². The Hall–Kier alpha value is -0.870. The van der Waals surface area contributed by atoms with Crippen LogP contribution in [0.4, 0.5) is 0 Å². The lowest BCUT2D eigenvalue weighted by Crippen LogP contribution is -2.35. The number of rotatable bonds is 3. The summed E-state index contributed by atoms with van der Waals surface area (Å²) in [6.07, 6.45) is 4.80. The Bertz CT molecular complexity index is 297. The second-order valence-corrected chi connectivity index (χ2v) is 3.98. The Morgan fingerprint density at radius 3 is 3.07 bits per heavy atom. The van der Waals surface area contributed by atoms with Gasteiger partial charge in [-0.05, 0) is 26.2 Å². The van der Waals surface area contributed by atoms with Crippen LogP contribution < -0.4 is 5.32 Å². The minimum atomic E-state index is -0.168. The molecule has 1 aliphatic carbocycles. The normalized spacial score (nSPS) is 27.0. The SMILES string of the molecule is Cc1ncc(CNC2CCCC2O)[nH]1. The van der Waals surface area contributed by atoms with Gasteiger partial charge in [0.25, 0.3) is 0 Å². The smallest absolute Gasteiger partial charge is 0.103 e. The number of aliphatic hydroxyl groups excluding tert-OH is 1. The maximum absolute atomic E-state index is 9.58. The van der Waals surface area contributed by atoms with Crippen LogP contribution in [0.2, 0.25) is 0 Å². The number of nitrogens with one attached hydrogen (secondary N) is 2. The van der Waals surface area contributed by atoms with Gasteiger partial charge in [-0.3, -0.25) is 0 Å². The molecule has 0 aromatic carbocycles. The number of hydrogen-bond donors (Lipinski definition) is 3. The lowest BCUT2D eigenvalue weighted by atomic mass is 10.2. The summed E-state index contributed by atoms with van der Waals surface area (Å²) in [7, 11) is 0. The number of aryl methyl sites for hydroxylation is 1. The van der Waals surface area contributed by atoms with E-state index in [9.17, 15) is 5.11 Å². The third kappa shape index (κ3) is 2.13. The highest BCUT2D eigenvalue weighted by atomic mass is 16.3. The zero-order valence-corrected chi connectivity index (χ0v) is 8.45. The molecule has 2 atom stereocenters. The Kier molecular flexibility index (Phi) is 2.84. The zero-order valence-electron chi connectivity index (χ0n) is 8.45. The van der Waals surface area contributed by atoms with Crippen LogP contribution in [0.3, 0.4) is 0 Å². The number of hydrogen-bond acceptors (Lipinski definition) is 3. The highest BCUT2D eigenvalue weighted by Crippen LogP contribution is 2.18. The third-order valence-corrected chi connectivity index (χ3v) is 2.79. The van der Waals surface area contributed by atoms with Crippen LogP contribution in [0, 0.1) is 6.92 Å². The summed E-state index contributed by atoms with van der Waals surface area (Å²) in [5.74, 6) is 0.939. The monoisotopic (exact) mass is 195 g/mol. The standard InChI is InChI=1S/C10H17N3O/c1-7-11-5-8(13-7)6-12-9-3-2-4-10(9)14/h5,9-10,12,14H,2-4,6H2,1H3,(H,11,13). The predicted molar refractivity (Wildman–Crippen MR) is 53.8 cm³/mol. The van der Waals surface area contributed by atoms with Crippen molar-refractivity contribution in [2.24, 2.45) is 0 Å². The van der Waals surface area contributed by atoms with Crippen molar-refractivity contribution in [1.29, 1.82) is 0 Å². The van der Waals surface area contributed by atoms with Gasteiger partial charge in [-0.1, -0.05) is 0 Å².